The predicted molar refractivity (Wildman–Crippen MR) is 88.8 cm³/mol. The molecule has 8 nitrogen and oxygen atoms in total. The molecule has 2 aromatic heterocycles. The van der Waals surface area contributed by atoms with Crippen LogP contribution in [0.15, 0.2) is 36.8 Å². The SMILES string of the molecule is COc1ccc(-c2cnn(CC(=O)Nc3cnn(C)n3)c2)cc1C(F)(F)F. The summed E-state index contributed by atoms with van der Waals surface area (Å²) in [5.74, 6) is -0.363. The van der Waals surface area contributed by atoms with Gasteiger partial charge in [-0.15, -0.1) is 5.10 Å². The Morgan fingerprint density at radius 3 is 2.63 bits per heavy atom. The van der Waals surface area contributed by atoms with Gasteiger partial charge in [0, 0.05) is 18.8 Å². The smallest absolute Gasteiger partial charge is 0.419 e. The number of carbonyl (C=O) groups is 1. The zero-order chi connectivity index (χ0) is 19.6. The molecule has 0 radical (unpaired) electrons. The number of amides is 1. The van der Waals surface area contributed by atoms with Gasteiger partial charge in [0.2, 0.25) is 5.91 Å². The summed E-state index contributed by atoms with van der Waals surface area (Å²) in [5, 5.41) is 14.3. The Morgan fingerprint density at radius 1 is 1.22 bits per heavy atom. The molecule has 0 spiro atoms. The van der Waals surface area contributed by atoms with Crippen LogP contribution in [0.4, 0.5) is 19.0 Å². The van der Waals surface area contributed by atoms with E-state index in [0.29, 0.717) is 16.9 Å². The molecule has 0 saturated carbocycles. The first kappa shape index (κ1) is 18.4. The number of anilines is 1. The van der Waals surface area contributed by atoms with Crippen molar-refractivity contribution in [1.29, 1.82) is 0 Å². The van der Waals surface area contributed by atoms with E-state index in [1.807, 2.05) is 0 Å². The third-order valence-electron chi connectivity index (χ3n) is 3.64. The molecule has 3 rings (SSSR count). The monoisotopic (exact) mass is 380 g/mol. The van der Waals surface area contributed by atoms with Crippen molar-refractivity contribution in [3.63, 3.8) is 0 Å². The fraction of sp³-hybridized carbons (Fsp3) is 0.250. The lowest BCUT2D eigenvalue weighted by molar-refractivity contribution is -0.138. The van der Waals surface area contributed by atoms with Gasteiger partial charge in [-0.25, -0.2) is 0 Å². The van der Waals surface area contributed by atoms with Crippen molar-refractivity contribution in [1.82, 2.24) is 24.8 Å². The summed E-state index contributed by atoms with van der Waals surface area (Å²) in [4.78, 5) is 13.3. The minimum Gasteiger partial charge on any atom is -0.496 e. The minimum atomic E-state index is -4.55. The zero-order valence-electron chi connectivity index (χ0n) is 14.4. The van der Waals surface area contributed by atoms with Gasteiger partial charge in [-0.3, -0.25) is 9.48 Å². The van der Waals surface area contributed by atoms with E-state index >= 15 is 0 Å². The first-order valence-corrected chi connectivity index (χ1v) is 7.70. The van der Waals surface area contributed by atoms with Gasteiger partial charge >= 0.3 is 6.18 Å². The van der Waals surface area contributed by atoms with E-state index in [1.54, 1.807) is 7.05 Å². The summed E-state index contributed by atoms with van der Waals surface area (Å²) in [6, 6.07) is 3.73. The maximum absolute atomic E-state index is 13.2. The molecule has 27 heavy (non-hydrogen) atoms. The number of rotatable bonds is 5. The molecular formula is C16H15F3N6O2. The standard InChI is InChI=1S/C16H15F3N6O2/c1-24-20-7-14(23-24)22-15(26)9-25-8-11(6-21-25)10-3-4-13(27-2)12(5-10)16(17,18)19/h3-8H,9H2,1-2H3,(H,22,23,26). The molecule has 1 amide bonds. The van der Waals surface area contributed by atoms with Crippen molar-refractivity contribution >= 4 is 11.7 Å². The molecule has 142 valence electrons. The quantitative estimate of drug-likeness (QED) is 0.734. The second kappa shape index (κ2) is 7.09. The number of aromatic nitrogens is 5. The summed E-state index contributed by atoms with van der Waals surface area (Å²) in [6.07, 6.45) is -0.286. The average Bonchev–Trinajstić information content (AvgIpc) is 3.22. The molecule has 0 fully saturated rings. The number of nitrogens with one attached hydrogen (secondary N) is 1. The Kier molecular flexibility index (Phi) is 4.84. The normalized spacial score (nSPS) is 11.4. The number of methoxy groups -OCH3 is 1. The number of benzene rings is 1. The Balaban J connectivity index is 1.76. The summed E-state index contributed by atoms with van der Waals surface area (Å²) in [7, 11) is 2.79. The van der Waals surface area contributed by atoms with Gasteiger partial charge in [0.25, 0.3) is 0 Å². The van der Waals surface area contributed by atoms with Gasteiger partial charge in [-0.2, -0.15) is 28.2 Å². The van der Waals surface area contributed by atoms with Crippen LogP contribution in [0.3, 0.4) is 0 Å². The van der Waals surface area contributed by atoms with E-state index in [4.69, 9.17) is 4.74 Å². The van der Waals surface area contributed by atoms with Gasteiger partial charge < -0.3 is 10.1 Å². The van der Waals surface area contributed by atoms with E-state index < -0.39 is 17.6 Å². The van der Waals surface area contributed by atoms with Crippen LogP contribution in [0.2, 0.25) is 0 Å². The van der Waals surface area contributed by atoms with Gasteiger partial charge in [-0.05, 0) is 17.7 Å². The minimum absolute atomic E-state index is 0.126. The number of carbonyl (C=O) groups excluding carboxylic acids is 1. The van der Waals surface area contributed by atoms with Crippen LogP contribution < -0.4 is 10.1 Å². The molecule has 0 aliphatic heterocycles. The Labute approximate surface area is 151 Å². The van der Waals surface area contributed by atoms with E-state index in [-0.39, 0.29) is 12.3 Å². The maximum Gasteiger partial charge on any atom is 0.419 e. The van der Waals surface area contributed by atoms with Crippen LogP contribution in [-0.4, -0.2) is 37.8 Å². The molecule has 0 aliphatic rings. The molecule has 0 atom stereocenters. The van der Waals surface area contributed by atoms with Crippen LogP contribution in [0.5, 0.6) is 5.75 Å². The summed E-state index contributed by atoms with van der Waals surface area (Å²) >= 11 is 0. The number of halogens is 3. The second-order valence-corrected chi connectivity index (χ2v) is 5.61. The van der Waals surface area contributed by atoms with Gasteiger partial charge in [0.05, 0.1) is 25.1 Å². The van der Waals surface area contributed by atoms with E-state index in [2.05, 4.69) is 20.6 Å². The van der Waals surface area contributed by atoms with Gasteiger partial charge in [0.15, 0.2) is 5.82 Å². The number of alkyl halides is 3. The number of nitrogens with zero attached hydrogens (tertiary/aromatic N) is 5. The summed E-state index contributed by atoms with van der Waals surface area (Å²) in [5.41, 5.74) is -0.130. The fourth-order valence-electron chi connectivity index (χ4n) is 2.44. The van der Waals surface area contributed by atoms with E-state index in [0.717, 1.165) is 6.07 Å². The second-order valence-electron chi connectivity index (χ2n) is 5.61. The Bertz CT molecular complexity index is 963. The first-order chi connectivity index (χ1) is 12.8. The molecule has 0 saturated heterocycles. The van der Waals surface area contributed by atoms with Crippen molar-refractivity contribution in [3.8, 4) is 16.9 Å². The lowest BCUT2D eigenvalue weighted by Crippen LogP contribution is -2.19. The van der Waals surface area contributed by atoms with Crippen LogP contribution in [0.25, 0.3) is 11.1 Å². The third-order valence-corrected chi connectivity index (χ3v) is 3.64. The van der Waals surface area contributed by atoms with Crippen LogP contribution in [-0.2, 0) is 24.6 Å². The highest BCUT2D eigenvalue weighted by atomic mass is 19.4. The average molecular weight is 380 g/mol. The van der Waals surface area contributed by atoms with Crippen molar-refractivity contribution in [2.45, 2.75) is 12.7 Å². The topological polar surface area (TPSA) is 86.9 Å². The number of hydrogen-bond donors (Lipinski definition) is 1. The molecule has 0 unspecified atom stereocenters. The van der Waals surface area contributed by atoms with Crippen LogP contribution in [0, 0.1) is 0 Å². The van der Waals surface area contributed by atoms with Gasteiger partial charge in [0.1, 0.15) is 12.3 Å². The molecule has 11 heteroatoms. The molecule has 0 bridgehead atoms. The number of ether oxygens (including phenoxy) is 1. The molecule has 1 aromatic carbocycles. The first-order valence-electron chi connectivity index (χ1n) is 7.70. The zero-order valence-corrected chi connectivity index (χ0v) is 14.4. The highest BCUT2D eigenvalue weighted by Crippen LogP contribution is 2.38. The lowest BCUT2D eigenvalue weighted by atomic mass is 10.0. The van der Waals surface area contributed by atoms with Crippen LogP contribution >= 0.6 is 0 Å². The van der Waals surface area contributed by atoms with Crippen molar-refractivity contribution in [2.24, 2.45) is 7.05 Å². The fourth-order valence-corrected chi connectivity index (χ4v) is 2.44. The third kappa shape index (κ3) is 4.25. The molecule has 3 aromatic rings. The lowest BCUT2D eigenvalue weighted by Gasteiger charge is -2.12. The van der Waals surface area contributed by atoms with E-state index in [1.165, 1.54) is 47.3 Å². The molecule has 0 aliphatic carbocycles. The number of aryl methyl sites for hydroxylation is 1. The predicted octanol–water partition coefficient (Wildman–Crippen LogP) is 2.34. The van der Waals surface area contributed by atoms with Crippen molar-refractivity contribution < 1.29 is 22.7 Å². The molecule has 2 heterocycles. The number of hydrogen-bond acceptors (Lipinski definition) is 5. The summed E-state index contributed by atoms with van der Waals surface area (Å²) in [6.45, 7) is -0.126. The molecular weight excluding hydrogens is 365 g/mol. The highest BCUT2D eigenvalue weighted by molar-refractivity contribution is 5.89. The largest absolute Gasteiger partial charge is 0.496 e. The van der Waals surface area contributed by atoms with E-state index in [9.17, 15) is 18.0 Å². The van der Waals surface area contributed by atoms with Gasteiger partial charge in [-0.1, -0.05) is 6.07 Å². The maximum atomic E-state index is 13.2. The highest BCUT2D eigenvalue weighted by Gasteiger charge is 2.34. The Morgan fingerprint density at radius 2 is 2.00 bits per heavy atom. The Hall–Kier alpha value is -3.37. The molecule has 1 N–H and O–H groups in total. The van der Waals surface area contributed by atoms with Crippen LogP contribution in [0.1, 0.15) is 5.56 Å². The van der Waals surface area contributed by atoms with Crippen molar-refractivity contribution in [3.05, 3.63) is 42.4 Å². The summed E-state index contributed by atoms with van der Waals surface area (Å²) < 4.78 is 45.5. The van der Waals surface area contributed by atoms with Crippen molar-refractivity contribution in [2.75, 3.05) is 12.4 Å².